The standard InChI is InChI=1S/C30H35Cl2N3O5S/c1-6-21(3)33-30(37)22(4)34(18-23-9-7-10-24(17-23)40-5)28(36)19-35(27-12-8-11-26(31)29(27)32)41(38,39)25-15-13-20(2)14-16-25/h7-17,21-22H,6,18-19H2,1-5H3,(H,33,37)/t21-,22+/m0/s1. The summed E-state index contributed by atoms with van der Waals surface area (Å²) in [4.78, 5) is 28.6. The van der Waals surface area contributed by atoms with Crippen molar-refractivity contribution in [1.82, 2.24) is 10.2 Å². The molecule has 0 radical (unpaired) electrons. The van der Waals surface area contributed by atoms with Crippen molar-refractivity contribution in [1.29, 1.82) is 0 Å². The number of halogens is 2. The van der Waals surface area contributed by atoms with E-state index >= 15 is 0 Å². The summed E-state index contributed by atoms with van der Waals surface area (Å²) >= 11 is 12.7. The number of carbonyl (C=O) groups excluding carboxylic acids is 2. The Morgan fingerprint density at radius 1 is 1.00 bits per heavy atom. The number of hydrogen-bond donors (Lipinski definition) is 1. The Morgan fingerprint density at radius 2 is 1.66 bits per heavy atom. The van der Waals surface area contributed by atoms with Gasteiger partial charge in [-0.1, -0.05) is 66.0 Å². The minimum atomic E-state index is -4.27. The molecule has 1 N–H and O–H groups in total. The van der Waals surface area contributed by atoms with Gasteiger partial charge >= 0.3 is 0 Å². The van der Waals surface area contributed by atoms with Gasteiger partial charge in [0.1, 0.15) is 18.3 Å². The maximum absolute atomic E-state index is 14.0. The minimum absolute atomic E-state index is 0.0143. The summed E-state index contributed by atoms with van der Waals surface area (Å²) < 4.78 is 34.2. The number of nitrogens with zero attached hydrogens (tertiary/aromatic N) is 2. The van der Waals surface area contributed by atoms with Gasteiger partial charge in [0.2, 0.25) is 11.8 Å². The SMILES string of the molecule is CC[C@H](C)NC(=O)[C@@H](C)N(Cc1cccc(OC)c1)C(=O)CN(c1cccc(Cl)c1Cl)S(=O)(=O)c1ccc(C)cc1. The van der Waals surface area contributed by atoms with Gasteiger partial charge in [0.25, 0.3) is 10.0 Å². The number of sulfonamides is 1. The van der Waals surface area contributed by atoms with E-state index in [0.717, 1.165) is 9.87 Å². The molecule has 0 aliphatic heterocycles. The van der Waals surface area contributed by atoms with Gasteiger partial charge in [0.05, 0.1) is 27.7 Å². The number of rotatable bonds is 12. The number of ether oxygens (including phenoxy) is 1. The lowest BCUT2D eigenvalue weighted by atomic mass is 10.1. The Morgan fingerprint density at radius 3 is 2.29 bits per heavy atom. The molecular formula is C30H35Cl2N3O5S. The maximum atomic E-state index is 14.0. The molecule has 0 saturated heterocycles. The van der Waals surface area contributed by atoms with Gasteiger partial charge in [-0.25, -0.2) is 8.42 Å². The normalized spacial score (nSPS) is 12.8. The van der Waals surface area contributed by atoms with Crippen LogP contribution in [-0.4, -0.2) is 50.9 Å². The van der Waals surface area contributed by atoms with Crippen LogP contribution in [0.25, 0.3) is 0 Å². The minimum Gasteiger partial charge on any atom is -0.497 e. The molecule has 3 rings (SSSR count). The highest BCUT2D eigenvalue weighted by Crippen LogP contribution is 2.35. The van der Waals surface area contributed by atoms with Crippen molar-refractivity contribution in [2.24, 2.45) is 0 Å². The maximum Gasteiger partial charge on any atom is 0.264 e. The lowest BCUT2D eigenvalue weighted by Gasteiger charge is -2.32. The molecule has 2 atom stereocenters. The average Bonchev–Trinajstić information content (AvgIpc) is 2.95. The van der Waals surface area contributed by atoms with Crippen LogP contribution in [0.2, 0.25) is 10.0 Å². The summed E-state index contributed by atoms with van der Waals surface area (Å²) in [5.41, 5.74) is 1.62. The molecule has 3 aromatic rings. The summed E-state index contributed by atoms with van der Waals surface area (Å²) in [5.74, 6) is -0.378. The molecule has 0 fully saturated rings. The first-order valence-electron chi connectivity index (χ1n) is 13.1. The molecule has 41 heavy (non-hydrogen) atoms. The second kappa shape index (κ2) is 14.1. The van der Waals surface area contributed by atoms with E-state index in [-0.39, 0.29) is 39.1 Å². The number of amides is 2. The third-order valence-corrected chi connectivity index (χ3v) is 9.33. The summed E-state index contributed by atoms with van der Waals surface area (Å²) in [7, 11) is -2.73. The topological polar surface area (TPSA) is 96.0 Å². The van der Waals surface area contributed by atoms with Crippen LogP contribution >= 0.6 is 23.2 Å². The van der Waals surface area contributed by atoms with E-state index in [4.69, 9.17) is 27.9 Å². The Bertz CT molecular complexity index is 1480. The molecule has 8 nitrogen and oxygen atoms in total. The first-order valence-corrected chi connectivity index (χ1v) is 15.3. The Kier molecular flexibility index (Phi) is 11.1. The largest absolute Gasteiger partial charge is 0.497 e. The molecule has 0 aliphatic rings. The van der Waals surface area contributed by atoms with Gasteiger partial charge in [0, 0.05) is 12.6 Å². The third-order valence-electron chi connectivity index (χ3n) is 6.74. The lowest BCUT2D eigenvalue weighted by Crippen LogP contribution is -2.52. The smallest absolute Gasteiger partial charge is 0.264 e. The highest BCUT2D eigenvalue weighted by molar-refractivity contribution is 7.92. The van der Waals surface area contributed by atoms with E-state index in [1.165, 1.54) is 36.3 Å². The number of hydrogen-bond acceptors (Lipinski definition) is 5. The number of carbonyl (C=O) groups is 2. The van der Waals surface area contributed by atoms with E-state index in [9.17, 15) is 18.0 Å². The van der Waals surface area contributed by atoms with Crippen LogP contribution in [0.1, 0.15) is 38.3 Å². The van der Waals surface area contributed by atoms with Crippen molar-refractivity contribution in [3.05, 3.63) is 87.9 Å². The fourth-order valence-electron chi connectivity index (χ4n) is 4.05. The molecule has 0 saturated carbocycles. The molecule has 0 unspecified atom stereocenters. The van der Waals surface area contributed by atoms with Crippen LogP contribution < -0.4 is 14.4 Å². The molecular weight excluding hydrogens is 585 g/mol. The first-order chi connectivity index (χ1) is 19.4. The number of aryl methyl sites for hydroxylation is 1. The molecule has 0 aliphatic carbocycles. The third kappa shape index (κ3) is 7.93. The van der Waals surface area contributed by atoms with E-state index < -0.39 is 28.5 Å². The summed E-state index contributed by atoms with van der Waals surface area (Å²) in [6.45, 7) is 6.68. The molecule has 2 amide bonds. The van der Waals surface area contributed by atoms with Crippen LogP contribution in [0.4, 0.5) is 5.69 Å². The first kappa shape index (κ1) is 32.2. The van der Waals surface area contributed by atoms with Crippen molar-refractivity contribution in [2.45, 2.75) is 57.6 Å². The van der Waals surface area contributed by atoms with Crippen molar-refractivity contribution >= 4 is 50.7 Å². The Labute approximate surface area is 252 Å². The van der Waals surface area contributed by atoms with E-state index in [1.807, 2.05) is 20.8 Å². The molecule has 0 bridgehead atoms. The van der Waals surface area contributed by atoms with Crippen LogP contribution in [-0.2, 0) is 26.2 Å². The number of benzene rings is 3. The average molecular weight is 621 g/mol. The van der Waals surface area contributed by atoms with Gasteiger partial charge in [-0.15, -0.1) is 0 Å². The molecule has 0 heterocycles. The summed E-state index contributed by atoms with van der Waals surface area (Å²) in [6.07, 6.45) is 0.706. The molecule has 0 spiro atoms. The van der Waals surface area contributed by atoms with Gasteiger partial charge in [-0.3, -0.25) is 13.9 Å². The number of anilines is 1. The fraction of sp³-hybridized carbons (Fsp3) is 0.333. The van der Waals surface area contributed by atoms with Gasteiger partial charge in [0.15, 0.2) is 0 Å². The Balaban J connectivity index is 2.08. The predicted molar refractivity (Wildman–Crippen MR) is 163 cm³/mol. The molecule has 3 aromatic carbocycles. The van der Waals surface area contributed by atoms with Gasteiger partial charge in [-0.05, 0) is 69.2 Å². The fourth-order valence-corrected chi connectivity index (χ4v) is 5.93. The van der Waals surface area contributed by atoms with Crippen LogP contribution in [0.5, 0.6) is 5.75 Å². The summed E-state index contributed by atoms with van der Waals surface area (Å²) in [6, 6.07) is 16.9. The van der Waals surface area contributed by atoms with Gasteiger partial charge < -0.3 is 15.0 Å². The molecule has 220 valence electrons. The quantitative estimate of drug-likeness (QED) is 0.275. The highest BCUT2D eigenvalue weighted by atomic mass is 35.5. The zero-order valence-corrected chi connectivity index (χ0v) is 26.1. The number of methoxy groups -OCH3 is 1. The van der Waals surface area contributed by atoms with E-state index in [0.29, 0.717) is 17.7 Å². The van der Waals surface area contributed by atoms with Crippen molar-refractivity contribution in [3.8, 4) is 5.75 Å². The zero-order chi connectivity index (χ0) is 30.3. The second-order valence-corrected chi connectivity index (χ2v) is 12.4. The van der Waals surface area contributed by atoms with Crippen molar-refractivity contribution < 1.29 is 22.7 Å². The van der Waals surface area contributed by atoms with E-state index in [2.05, 4.69) is 5.32 Å². The monoisotopic (exact) mass is 619 g/mol. The van der Waals surface area contributed by atoms with Crippen LogP contribution in [0.15, 0.2) is 71.6 Å². The van der Waals surface area contributed by atoms with Crippen molar-refractivity contribution in [3.63, 3.8) is 0 Å². The van der Waals surface area contributed by atoms with Crippen molar-refractivity contribution in [2.75, 3.05) is 18.0 Å². The van der Waals surface area contributed by atoms with Crippen LogP contribution in [0.3, 0.4) is 0 Å². The van der Waals surface area contributed by atoms with E-state index in [1.54, 1.807) is 49.4 Å². The zero-order valence-electron chi connectivity index (χ0n) is 23.7. The molecule has 11 heteroatoms. The summed E-state index contributed by atoms with van der Waals surface area (Å²) in [5, 5.41) is 3.03. The molecule has 0 aromatic heterocycles. The predicted octanol–water partition coefficient (Wildman–Crippen LogP) is 5.84. The second-order valence-electron chi connectivity index (χ2n) is 9.76. The Hall–Kier alpha value is -3.27. The van der Waals surface area contributed by atoms with Gasteiger partial charge in [-0.2, -0.15) is 0 Å². The van der Waals surface area contributed by atoms with Crippen LogP contribution in [0, 0.1) is 6.92 Å². The lowest BCUT2D eigenvalue weighted by molar-refractivity contribution is -0.139. The number of nitrogens with one attached hydrogen (secondary N) is 1. The highest BCUT2D eigenvalue weighted by Gasteiger charge is 2.34.